The van der Waals surface area contributed by atoms with Gasteiger partial charge in [0.25, 0.3) is 0 Å². The highest BCUT2D eigenvalue weighted by atomic mass is 16.5. The SMILES string of the molecule is COc1ccc(NC2CCCCC2)cc1C(=O)OCc1ccc(C)cc1. The van der Waals surface area contributed by atoms with Crippen LogP contribution in [-0.2, 0) is 11.3 Å². The first-order valence-electron chi connectivity index (χ1n) is 9.33. The summed E-state index contributed by atoms with van der Waals surface area (Å²) in [5.41, 5.74) is 3.56. The normalized spacial score (nSPS) is 14.7. The summed E-state index contributed by atoms with van der Waals surface area (Å²) in [4.78, 5) is 12.6. The Morgan fingerprint density at radius 3 is 2.50 bits per heavy atom. The van der Waals surface area contributed by atoms with Crippen LogP contribution in [0.25, 0.3) is 0 Å². The number of anilines is 1. The Morgan fingerprint density at radius 2 is 1.81 bits per heavy atom. The quantitative estimate of drug-likeness (QED) is 0.734. The van der Waals surface area contributed by atoms with Gasteiger partial charge in [-0.2, -0.15) is 0 Å². The van der Waals surface area contributed by atoms with Crippen LogP contribution in [0.1, 0.15) is 53.6 Å². The largest absolute Gasteiger partial charge is 0.496 e. The Labute approximate surface area is 155 Å². The van der Waals surface area contributed by atoms with E-state index in [-0.39, 0.29) is 12.6 Å². The predicted octanol–water partition coefficient (Wildman–Crippen LogP) is 5.11. The Morgan fingerprint density at radius 1 is 1.08 bits per heavy atom. The molecular weight excluding hydrogens is 326 g/mol. The van der Waals surface area contributed by atoms with Crippen LogP contribution in [0.3, 0.4) is 0 Å². The molecular formula is C22H27NO3. The van der Waals surface area contributed by atoms with Crippen LogP contribution in [0, 0.1) is 6.92 Å². The van der Waals surface area contributed by atoms with Crippen molar-refractivity contribution < 1.29 is 14.3 Å². The van der Waals surface area contributed by atoms with E-state index in [0.717, 1.165) is 11.3 Å². The number of benzene rings is 2. The van der Waals surface area contributed by atoms with E-state index in [9.17, 15) is 4.79 Å². The highest BCUT2D eigenvalue weighted by molar-refractivity contribution is 5.93. The summed E-state index contributed by atoms with van der Waals surface area (Å²) < 4.78 is 10.8. The zero-order valence-corrected chi connectivity index (χ0v) is 15.6. The molecule has 0 heterocycles. The molecule has 1 saturated carbocycles. The fraction of sp³-hybridized carbons (Fsp3) is 0.409. The van der Waals surface area contributed by atoms with E-state index in [0.29, 0.717) is 17.4 Å². The molecule has 0 radical (unpaired) electrons. The molecule has 0 atom stereocenters. The molecule has 1 N–H and O–H groups in total. The van der Waals surface area contributed by atoms with Crippen molar-refractivity contribution in [2.45, 2.75) is 51.7 Å². The number of rotatable bonds is 6. The van der Waals surface area contributed by atoms with Crippen LogP contribution in [0.15, 0.2) is 42.5 Å². The van der Waals surface area contributed by atoms with Gasteiger partial charge in [0.2, 0.25) is 0 Å². The first-order valence-corrected chi connectivity index (χ1v) is 9.33. The van der Waals surface area contributed by atoms with Crippen molar-refractivity contribution in [2.24, 2.45) is 0 Å². The van der Waals surface area contributed by atoms with E-state index in [1.807, 2.05) is 49.4 Å². The molecule has 138 valence electrons. The van der Waals surface area contributed by atoms with Crippen LogP contribution >= 0.6 is 0 Å². The fourth-order valence-electron chi connectivity index (χ4n) is 3.35. The Kier molecular flexibility index (Phi) is 6.16. The van der Waals surface area contributed by atoms with E-state index in [4.69, 9.17) is 9.47 Å². The van der Waals surface area contributed by atoms with Crippen molar-refractivity contribution in [3.8, 4) is 5.75 Å². The van der Waals surface area contributed by atoms with Crippen molar-refractivity contribution >= 4 is 11.7 Å². The van der Waals surface area contributed by atoms with Gasteiger partial charge in [-0.3, -0.25) is 0 Å². The summed E-state index contributed by atoms with van der Waals surface area (Å²) in [7, 11) is 1.57. The predicted molar refractivity (Wildman–Crippen MR) is 104 cm³/mol. The lowest BCUT2D eigenvalue weighted by molar-refractivity contribution is 0.0469. The molecule has 4 heteroatoms. The number of carbonyl (C=O) groups is 1. The van der Waals surface area contributed by atoms with E-state index >= 15 is 0 Å². The van der Waals surface area contributed by atoms with Crippen molar-refractivity contribution in [2.75, 3.05) is 12.4 Å². The average Bonchev–Trinajstić information content (AvgIpc) is 2.68. The second-order valence-electron chi connectivity index (χ2n) is 6.96. The molecule has 0 aliphatic heterocycles. The van der Waals surface area contributed by atoms with Gasteiger partial charge < -0.3 is 14.8 Å². The number of carbonyl (C=O) groups excluding carboxylic acids is 1. The molecule has 0 bridgehead atoms. The molecule has 2 aromatic carbocycles. The molecule has 0 aromatic heterocycles. The molecule has 1 aliphatic carbocycles. The smallest absolute Gasteiger partial charge is 0.342 e. The lowest BCUT2D eigenvalue weighted by Crippen LogP contribution is -2.22. The van der Waals surface area contributed by atoms with E-state index in [1.54, 1.807) is 7.11 Å². The van der Waals surface area contributed by atoms with Gasteiger partial charge in [0.15, 0.2) is 0 Å². The van der Waals surface area contributed by atoms with Crippen molar-refractivity contribution in [1.82, 2.24) is 0 Å². The van der Waals surface area contributed by atoms with Gasteiger partial charge >= 0.3 is 5.97 Å². The van der Waals surface area contributed by atoms with Gasteiger partial charge in [0.1, 0.15) is 17.9 Å². The van der Waals surface area contributed by atoms with Gasteiger partial charge in [-0.15, -0.1) is 0 Å². The van der Waals surface area contributed by atoms with Gasteiger partial charge in [-0.25, -0.2) is 4.79 Å². The number of hydrogen-bond acceptors (Lipinski definition) is 4. The summed E-state index contributed by atoms with van der Waals surface area (Å²) in [6.07, 6.45) is 6.20. The Bertz CT molecular complexity index is 734. The lowest BCUT2D eigenvalue weighted by atomic mass is 9.95. The van der Waals surface area contributed by atoms with Crippen LogP contribution in [-0.4, -0.2) is 19.1 Å². The second-order valence-corrected chi connectivity index (χ2v) is 6.96. The van der Waals surface area contributed by atoms with Crippen molar-refractivity contribution in [3.05, 3.63) is 59.2 Å². The van der Waals surface area contributed by atoms with E-state index < -0.39 is 0 Å². The molecule has 4 nitrogen and oxygen atoms in total. The van der Waals surface area contributed by atoms with E-state index in [1.165, 1.54) is 37.7 Å². The third-order valence-electron chi connectivity index (χ3n) is 4.89. The minimum Gasteiger partial charge on any atom is -0.496 e. The average molecular weight is 353 g/mol. The Hall–Kier alpha value is -2.49. The summed E-state index contributed by atoms with van der Waals surface area (Å²) >= 11 is 0. The first-order chi connectivity index (χ1) is 12.7. The number of nitrogens with one attached hydrogen (secondary N) is 1. The molecule has 0 spiro atoms. The van der Waals surface area contributed by atoms with Crippen LogP contribution in [0.2, 0.25) is 0 Å². The Balaban J connectivity index is 1.68. The molecule has 26 heavy (non-hydrogen) atoms. The number of esters is 1. The summed E-state index contributed by atoms with van der Waals surface area (Å²) in [5, 5.41) is 3.54. The molecule has 0 amide bonds. The van der Waals surface area contributed by atoms with Crippen molar-refractivity contribution in [3.63, 3.8) is 0 Å². The highest BCUT2D eigenvalue weighted by Crippen LogP contribution is 2.27. The molecule has 2 aromatic rings. The third kappa shape index (κ3) is 4.78. The minimum atomic E-state index is -0.366. The molecule has 3 rings (SSSR count). The minimum absolute atomic E-state index is 0.253. The molecule has 1 fully saturated rings. The summed E-state index contributed by atoms with van der Waals surface area (Å²) in [6, 6.07) is 14.1. The first kappa shape index (κ1) is 18.3. The van der Waals surface area contributed by atoms with Crippen LogP contribution < -0.4 is 10.1 Å². The van der Waals surface area contributed by atoms with Gasteiger partial charge in [-0.1, -0.05) is 49.1 Å². The van der Waals surface area contributed by atoms with Gasteiger partial charge in [0, 0.05) is 11.7 Å². The maximum atomic E-state index is 12.6. The molecule has 1 aliphatic rings. The standard InChI is InChI=1S/C22H27NO3/c1-16-8-10-17(11-9-16)15-26-22(24)20-14-19(12-13-21(20)25-2)23-18-6-4-3-5-7-18/h8-14,18,23H,3-7,15H2,1-2H3. The topological polar surface area (TPSA) is 47.6 Å². The monoisotopic (exact) mass is 353 g/mol. The van der Waals surface area contributed by atoms with Crippen LogP contribution in [0.5, 0.6) is 5.75 Å². The zero-order chi connectivity index (χ0) is 18.4. The number of aryl methyl sites for hydroxylation is 1. The second kappa shape index (κ2) is 8.75. The van der Waals surface area contributed by atoms with Crippen molar-refractivity contribution in [1.29, 1.82) is 0 Å². The zero-order valence-electron chi connectivity index (χ0n) is 15.6. The molecule has 0 unspecified atom stereocenters. The summed E-state index contributed by atoms with van der Waals surface area (Å²) in [5.74, 6) is 0.169. The maximum absolute atomic E-state index is 12.6. The number of ether oxygens (including phenoxy) is 2. The summed E-state index contributed by atoms with van der Waals surface area (Å²) in [6.45, 7) is 2.29. The van der Waals surface area contributed by atoms with Crippen LogP contribution in [0.4, 0.5) is 5.69 Å². The highest BCUT2D eigenvalue weighted by Gasteiger charge is 2.17. The van der Waals surface area contributed by atoms with Gasteiger partial charge in [-0.05, 0) is 43.5 Å². The fourth-order valence-corrected chi connectivity index (χ4v) is 3.35. The maximum Gasteiger partial charge on any atom is 0.342 e. The lowest BCUT2D eigenvalue weighted by Gasteiger charge is -2.24. The van der Waals surface area contributed by atoms with Gasteiger partial charge in [0.05, 0.1) is 7.11 Å². The molecule has 0 saturated heterocycles. The van der Waals surface area contributed by atoms with E-state index in [2.05, 4.69) is 5.32 Å². The third-order valence-corrected chi connectivity index (χ3v) is 4.89. The number of methoxy groups -OCH3 is 1. The number of hydrogen-bond donors (Lipinski definition) is 1.